The molecule has 0 bridgehead atoms. The zero-order valence-electron chi connectivity index (χ0n) is 7.45. The highest BCUT2D eigenvalue weighted by molar-refractivity contribution is 6.25. The number of unbranched alkanes of at least 4 members (excludes halogenated alkanes) is 4. The van der Waals surface area contributed by atoms with Gasteiger partial charge in [-0.1, -0.05) is 43.9 Å². The van der Waals surface area contributed by atoms with E-state index in [4.69, 9.17) is 11.6 Å². The van der Waals surface area contributed by atoms with Crippen molar-refractivity contribution in [3.8, 4) is 0 Å². The number of allylic oxidation sites excluding steroid dienone is 1. The van der Waals surface area contributed by atoms with E-state index >= 15 is 0 Å². The minimum Gasteiger partial charge on any atom is -0.130 e. The summed E-state index contributed by atoms with van der Waals surface area (Å²) in [4.78, 5) is 0. The molecule has 0 aromatic heterocycles. The van der Waals surface area contributed by atoms with Gasteiger partial charge in [-0.3, -0.25) is 0 Å². The van der Waals surface area contributed by atoms with Crippen molar-refractivity contribution in [2.45, 2.75) is 39.0 Å². The van der Waals surface area contributed by atoms with Crippen LogP contribution in [0, 0.1) is 0 Å². The molecule has 0 aliphatic heterocycles. The van der Waals surface area contributed by atoms with Gasteiger partial charge in [0.2, 0.25) is 0 Å². The van der Waals surface area contributed by atoms with Gasteiger partial charge in [-0.25, -0.2) is 0 Å². The molecular formula is C9H18Cl2. The van der Waals surface area contributed by atoms with Crippen LogP contribution in [0.5, 0.6) is 0 Å². The van der Waals surface area contributed by atoms with Gasteiger partial charge in [0.05, 0.1) is 0 Å². The molecule has 0 saturated carbocycles. The van der Waals surface area contributed by atoms with Crippen molar-refractivity contribution >= 4 is 23.2 Å². The quantitative estimate of drug-likeness (QED) is 0.447. The number of halogens is 2. The first-order valence-electron chi connectivity index (χ1n) is 4.04. The van der Waals surface area contributed by atoms with Crippen LogP contribution >= 0.6 is 23.2 Å². The largest absolute Gasteiger partial charge is 0.130 e. The number of hydrogen-bond donors (Lipinski definition) is 0. The Kier molecular flexibility index (Phi) is 21.1. The van der Waals surface area contributed by atoms with Gasteiger partial charge in [0.25, 0.3) is 0 Å². The van der Waals surface area contributed by atoms with E-state index in [0.717, 1.165) is 6.42 Å². The zero-order chi connectivity index (χ0) is 8.95. The SMILES string of the molecule is CCCCCC/C=C/Cl.CCl. The predicted molar refractivity (Wildman–Crippen MR) is 55.5 cm³/mol. The van der Waals surface area contributed by atoms with E-state index in [2.05, 4.69) is 18.5 Å². The van der Waals surface area contributed by atoms with Crippen LogP contribution in [0.4, 0.5) is 0 Å². The van der Waals surface area contributed by atoms with Crippen molar-refractivity contribution in [2.24, 2.45) is 0 Å². The lowest BCUT2D eigenvalue weighted by Gasteiger charge is -1.92. The Morgan fingerprint density at radius 2 is 1.73 bits per heavy atom. The molecule has 0 nitrogen and oxygen atoms in total. The number of alkyl halides is 1. The summed E-state index contributed by atoms with van der Waals surface area (Å²) in [6.45, 7) is 2.22. The summed E-state index contributed by atoms with van der Waals surface area (Å²) in [5, 5.41) is 0. The average Bonchev–Trinajstić information content (AvgIpc) is 2.08. The topological polar surface area (TPSA) is 0 Å². The van der Waals surface area contributed by atoms with Gasteiger partial charge in [-0.15, -0.1) is 11.6 Å². The summed E-state index contributed by atoms with van der Waals surface area (Å²) in [6.07, 6.45) is 9.93. The first-order chi connectivity index (χ1) is 5.41. The lowest BCUT2D eigenvalue weighted by Crippen LogP contribution is -1.72. The van der Waals surface area contributed by atoms with E-state index in [9.17, 15) is 0 Å². The first kappa shape index (κ1) is 13.9. The molecule has 0 atom stereocenters. The van der Waals surface area contributed by atoms with Gasteiger partial charge < -0.3 is 0 Å². The Labute approximate surface area is 80.6 Å². The second-order valence-corrected chi connectivity index (χ2v) is 2.46. The van der Waals surface area contributed by atoms with E-state index in [-0.39, 0.29) is 0 Å². The molecule has 0 heterocycles. The summed E-state index contributed by atoms with van der Waals surface area (Å²) >= 11 is 9.97. The third-order valence-corrected chi connectivity index (χ3v) is 1.49. The minimum absolute atomic E-state index is 1.14. The minimum atomic E-state index is 1.14. The highest BCUT2D eigenvalue weighted by atomic mass is 35.5. The van der Waals surface area contributed by atoms with E-state index in [1.54, 1.807) is 5.54 Å². The molecule has 0 saturated heterocycles. The summed E-state index contributed by atoms with van der Waals surface area (Å²) in [6, 6.07) is 0. The maximum atomic E-state index is 5.33. The third kappa shape index (κ3) is 17.9. The summed E-state index contributed by atoms with van der Waals surface area (Å²) in [5.74, 6) is 0. The van der Waals surface area contributed by atoms with Crippen molar-refractivity contribution in [3.05, 3.63) is 11.6 Å². The molecule has 0 aliphatic rings. The summed E-state index contributed by atoms with van der Waals surface area (Å²) in [5.41, 5.74) is 1.60. The van der Waals surface area contributed by atoms with Crippen molar-refractivity contribution in [3.63, 3.8) is 0 Å². The molecule has 2 heteroatoms. The Balaban J connectivity index is 0. The van der Waals surface area contributed by atoms with Gasteiger partial charge in [0, 0.05) is 11.9 Å². The standard InChI is InChI=1S/C8H15Cl.CH3Cl/c1-2-3-4-5-6-7-8-9;1-2/h7-8H,2-6H2,1H3;1H3/b8-7+;. The van der Waals surface area contributed by atoms with Crippen LogP contribution in [0.15, 0.2) is 11.6 Å². The second-order valence-electron chi connectivity index (χ2n) is 2.21. The molecule has 11 heavy (non-hydrogen) atoms. The van der Waals surface area contributed by atoms with E-state index in [1.165, 1.54) is 32.1 Å². The molecular weight excluding hydrogens is 179 g/mol. The fraction of sp³-hybridized carbons (Fsp3) is 0.778. The first-order valence-corrected chi connectivity index (χ1v) is 5.24. The fourth-order valence-corrected chi connectivity index (χ4v) is 0.878. The fourth-order valence-electron chi connectivity index (χ4n) is 0.752. The van der Waals surface area contributed by atoms with E-state index in [0.29, 0.717) is 0 Å². The Hall–Kier alpha value is 0.320. The number of rotatable bonds is 5. The van der Waals surface area contributed by atoms with Crippen molar-refractivity contribution in [1.82, 2.24) is 0 Å². The van der Waals surface area contributed by atoms with Crippen molar-refractivity contribution in [1.29, 1.82) is 0 Å². The molecule has 0 unspecified atom stereocenters. The monoisotopic (exact) mass is 196 g/mol. The third-order valence-electron chi connectivity index (χ3n) is 1.31. The maximum Gasteiger partial charge on any atom is 0.0108 e. The Morgan fingerprint density at radius 3 is 2.18 bits per heavy atom. The van der Waals surface area contributed by atoms with Crippen molar-refractivity contribution < 1.29 is 0 Å². The molecule has 0 N–H and O–H groups in total. The van der Waals surface area contributed by atoms with Crippen LogP contribution in [0.25, 0.3) is 0 Å². The molecule has 0 rings (SSSR count). The maximum absolute atomic E-state index is 5.33. The highest BCUT2D eigenvalue weighted by Gasteiger charge is 1.82. The summed E-state index contributed by atoms with van der Waals surface area (Å²) < 4.78 is 0. The van der Waals surface area contributed by atoms with Crippen LogP contribution in [-0.2, 0) is 0 Å². The van der Waals surface area contributed by atoms with E-state index < -0.39 is 0 Å². The van der Waals surface area contributed by atoms with Gasteiger partial charge in [0.1, 0.15) is 0 Å². The Morgan fingerprint density at radius 1 is 1.09 bits per heavy atom. The molecule has 0 radical (unpaired) electrons. The zero-order valence-corrected chi connectivity index (χ0v) is 8.96. The Bertz CT molecular complexity index is 70.0. The summed E-state index contributed by atoms with van der Waals surface area (Å²) in [7, 11) is 0. The van der Waals surface area contributed by atoms with Crippen LogP contribution in [0.2, 0.25) is 0 Å². The lowest BCUT2D eigenvalue weighted by atomic mass is 10.2. The molecule has 0 amide bonds. The van der Waals surface area contributed by atoms with Gasteiger partial charge in [-0.2, -0.15) is 0 Å². The molecule has 68 valence electrons. The highest BCUT2D eigenvalue weighted by Crippen LogP contribution is 2.02. The van der Waals surface area contributed by atoms with Gasteiger partial charge in [-0.05, 0) is 12.8 Å². The van der Waals surface area contributed by atoms with Crippen molar-refractivity contribution in [2.75, 3.05) is 6.38 Å². The smallest absolute Gasteiger partial charge is 0.0108 e. The van der Waals surface area contributed by atoms with Crippen LogP contribution in [0.3, 0.4) is 0 Å². The van der Waals surface area contributed by atoms with E-state index in [1.807, 2.05) is 6.08 Å². The molecule has 0 aromatic carbocycles. The normalized spacial score (nSPS) is 9.45. The predicted octanol–water partition coefficient (Wildman–Crippen LogP) is 4.56. The lowest BCUT2D eigenvalue weighted by molar-refractivity contribution is 0.675. The average molecular weight is 197 g/mol. The molecule has 0 aliphatic carbocycles. The van der Waals surface area contributed by atoms with Crippen LogP contribution < -0.4 is 0 Å². The molecule has 0 fully saturated rings. The van der Waals surface area contributed by atoms with Crippen LogP contribution in [-0.4, -0.2) is 6.38 Å². The number of hydrogen-bond acceptors (Lipinski definition) is 0. The second kappa shape index (κ2) is 16.7. The van der Waals surface area contributed by atoms with Crippen LogP contribution in [0.1, 0.15) is 39.0 Å². The molecule has 0 aromatic rings. The van der Waals surface area contributed by atoms with Gasteiger partial charge in [0.15, 0.2) is 0 Å². The molecule has 0 spiro atoms. The van der Waals surface area contributed by atoms with Gasteiger partial charge >= 0.3 is 0 Å².